The number of aryl methyl sites for hydroxylation is 1. The van der Waals surface area contributed by atoms with E-state index < -0.39 is 0 Å². The molecule has 0 aliphatic heterocycles. The van der Waals surface area contributed by atoms with E-state index >= 15 is 0 Å². The molecule has 4 rings (SSSR count). The fraction of sp³-hybridized carbons (Fsp3) is 0.737. The van der Waals surface area contributed by atoms with Crippen molar-refractivity contribution in [1.29, 1.82) is 0 Å². The van der Waals surface area contributed by atoms with E-state index in [1.54, 1.807) is 0 Å². The van der Waals surface area contributed by atoms with Gasteiger partial charge in [-0.05, 0) is 32.1 Å². The van der Waals surface area contributed by atoms with Crippen LogP contribution in [0.15, 0.2) is 4.79 Å². The van der Waals surface area contributed by atoms with Gasteiger partial charge in [-0.25, -0.2) is 9.50 Å². The second-order valence-electron chi connectivity index (χ2n) is 7.94. The zero-order valence-electron chi connectivity index (χ0n) is 14.9. The third-order valence-corrected chi connectivity index (χ3v) is 6.16. The molecular weight excluding hydrogens is 300 g/mol. The number of hydrogen-bond acceptors (Lipinski definition) is 3. The van der Waals surface area contributed by atoms with Gasteiger partial charge in [-0.3, -0.25) is 4.79 Å². The van der Waals surface area contributed by atoms with Gasteiger partial charge in [0, 0.05) is 11.3 Å². The minimum Gasteiger partial charge on any atom is -0.307 e. The van der Waals surface area contributed by atoms with Gasteiger partial charge in [-0.2, -0.15) is 5.10 Å². The number of nitrogens with zero attached hydrogens (tertiary/aromatic N) is 3. The van der Waals surface area contributed by atoms with E-state index in [9.17, 15) is 4.79 Å². The molecule has 1 N–H and O–H groups in total. The topological polar surface area (TPSA) is 63.1 Å². The average Bonchev–Trinajstić information content (AvgIpc) is 3.23. The summed E-state index contributed by atoms with van der Waals surface area (Å²) >= 11 is 0. The molecule has 5 heteroatoms. The van der Waals surface area contributed by atoms with E-state index in [-0.39, 0.29) is 11.0 Å². The Morgan fingerprint density at radius 2 is 1.88 bits per heavy atom. The zero-order valence-corrected chi connectivity index (χ0v) is 14.9. The highest BCUT2D eigenvalue weighted by Crippen LogP contribution is 2.39. The number of hydrogen-bond donors (Lipinski definition) is 1. The van der Waals surface area contributed by atoms with Gasteiger partial charge in [0.25, 0.3) is 5.56 Å². The van der Waals surface area contributed by atoms with Crippen LogP contribution in [0.25, 0.3) is 5.52 Å². The van der Waals surface area contributed by atoms with Crippen LogP contribution in [0, 0.1) is 0 Å². The lowest BCUT2D eigenvalue weighted by molar-refractivity contribution is 0.299. The van der Waals surface area contributed by atoms with Crippen LogP contribution in [0.4, 0.5) is 0 Å². The van der Waals surface area contributed by atoms with Crippen molar-refractivity contribution in [3.63, 3.8) is 0 Å². The molecule has 130 valence electrons. The van der Waals surface area contributed by atoms with E-state index in [2.05, 4.69) is 18.8 Å². The number of rotatable bonds is 3. The first-order chi connectivity index (χ1) is 11.6. The van der Waals surface area contributed by atoms with Crippen LogP contribution in [0.1, 0.15) is 94.9 Å². The molecule has 0 saturated heterocycles. The van der Waals surface area contributed by atoms with E-state index in [1.165, 1.54) is 32.1 Å². The Morgan fingerprint density at radius 3 is 2.54 bits per heavy atom. The Hall–Kier alpha value is -1.65. The molecule has 2 saturated carbocycles. The van der Waals surface area contributed by atoms with Crippen molar-refractivity contribution in [1.82, 2.24) is 19.6 Å². The number of aromatic amines is 1. The molecule has 0 radical (unpaired) electrons. The SMILES string of the molecule is CCc1nc(C2(C)CCCCC2)n2nc(C3CCCC3)[nH]c(=O)c12. The van der Waals surface area contributed by atoms with E-state index in [4.69, 9.17) is 10.1 Å². The summed E-state index contributed by atoms with van der Waals surface area (Å²) in [4.78, 5) is 20.8. The predicted molar refractivity (Wildman–Crippen MR) is 94.6 cm³/mol. The van der Waals surface area contributed by atoms with E-state index in [0.717, 1.165) is 49.4 Å². The average molecular weight is 328 g/mol. The number of nitrogens with one attached hydrogen (secondary N) is 1. The number of imidazole rings is 1. The van der Waals surface area contributed by atoms with Crippen LogP contribution in [0.5, 0.6) is 0 Å². The quantitative estimate of drug-likeness (QED) is 0.930. The standard InChI is InChI=1S/C19H28N4O/c1-3-14-15-17(24)21-16(13-9-5-6-10-13)22-23(15)18(20-14)19(2)11-7-4-8-12-19/h13H,3-12H2,1-2H3,(H,21,22,24). The van der Waals surface area contributed by atoms with Crippen LogP contribution in [0.3, 0.4) is 0 Å². The molecule has 0 spiro atoms. The van der Waals surface area contributed by atoms with Crippen molar-refractivity contribution in [2.75, 3.05) is 0 Å². The lowest BCUT2D eigenvalue weighted by Gasteiger charge is -2.32. The van der Waals surface area contributed by atoms with Crippen molar-refractivity contribution in [2.45, 2.75) is 89.4 Å². The summed E-state index contributed by atoms with van der Waals surface area (Å²) in [6, 6.07) is 0. The molecule has 2 aliphatic rings. The number of aromatic nitrogens is 4. The van der Waals surface area contributed by atoms with Gasteiger partial charge >= 0.3 is 0 Å². The summed E-state index contributed by atoms with van der Waals surface area (Å²) in [5.41, 5.74) is 1.59. The molecule has 2 fully saturated rings. The summed E-state index contributed by atoms with van der Waals surface area (Å²) in [5, 5.41) is 4.91. The Morgan fingerprint density at radius 1 is 1.17 bits per heavy atom. The van der Waals surface area contributed by atoms with Crippen molar-refractivity contribution < 1.29 is 0 Å². The van der Waals surface area contributed by atoms with Gasteiger partial charge in [0.2, 0.25) is 0 Å². The molecule has 0 bridgehead atoms. The highest BCUT2D eigenvalue weighted by molar-refractivity contribution is 5.51. The maximum atomic E-state index is 12.8. The molecular formula is C19H28N4O. The van der Waals surface area contributed by atoms with Crippen LogP contribution in [-0.2, 0) is 11.8 Å². The van der Waals surface area contributed by atoms with Crippen molar-refractivity contribution >= 4 is 5.52 Å². The molecule has 2 aliphatic carbocycles. The van der Waals surface area contributed by atoms with Gasteiger partial charge in [0.1, 0.15) is 11.6 Å². The Bertz CT molecular complexity index is 792. The number of fused-ring (bicyclic) bond motifs is 1. The fourth-order valence-corrected chi connectivity index (χ4v) is 4.66. The van der Waals surface area contributed by atoms with Crippen molar-refractivity contribution in [3.8, 4) is 0 Å². The molecule has 0 atom stereocenters. The molecule has 0 aromatic carbocycles. The van der Waals surface area contributed by atoms with Gasteiger partial charge in [0.05, 0.1) is 5.69 Å². The summed E-state index contributed by atoms with van der Waals surface area (Å²) < 4.78 is 1.91. The van der Waals surface area contributed by atoms with Crippen molar-refractivity contribution in [2.24, 2.45) is 0 Å². The Labute approximate surface area is 142 Å². The fourth-order valence-electron chi connectivity index (χ4n) is 4.66. The second-order valence-corrected chi connectivity index (χ2v) is 7.94. The largest absolute Gasteiger partial charge is 0.307 e. The Balaban J connectivity index is 1.91. The van der Waals surface area contributed by atoms with Crippen molar-refractivity contribution in [3.05, 3.63) is 27.7 Å². The lowest BCUT2D eigenvalue weighted by atomic mass is 9.75. The zero-order chi connectivity index (χ0) is 16.7. The van der Waals surface area contributed by atoms with Gasteiger partial charge in [0.15, 0.2) is 5.52 Å². The van der Waals surface area contributed by atoms with Crippen LogP contribution in [-0.4, -0.2) is 19.6 Å². The molecule has 2 aromatic rings. The second kappa shape index (κ2) is 6.01. The van der Waals surface area contributed by atoms with E-state index in [1.807, 2.05) is 4.52 Å². The number of H-pyrrole nitrogens is 1. The smallest absolute Gasteiger partial charge is 0.277 e. The molecule has 2 aromatic heterocycles. The molecule has 5 nitrogen and oxygen atoms in total. The summed E-state index contributed by atoms with van der Waals surface area (Å²) in [7, 11) is 0. The van der Waals surface area contributed by atoms with Gasteiger partial charge in [-0.15, -0.1) is 0 Å². The highest BCUT2D eigenvalue weighted by atomic mass is 16.1. The summed E-state index contributed by atoms with van der Waals surface area (Å²) in [6.07, 6.45) is 11.6. The molecule has 2 heterocycles. The van der Waals surface area contributed by atoms with Gasteiger partial charge in [-0.1, -0.05) is 46.0 Å². The van der Waals surface area contributed by atoms with Crippen LogP contribution in [0.2, 0.25) is 0 Å². The highest BCUT2D eigenvalue weighted by Gasteiger charge is 2.35. The third-order valence-electron chi connectivity index (χ3n) is 6.16. The maximum absolute atomic E-state index is 12.8. The summed E-state index contributed by atoms with van der Waals surface area (Å²) in [5.74, 6) is 2.28. The maximum Gasteiger partial charge on any atom is 0.277 e. The minimum atomic E-state index is -0.0121. The summed E-state index contributed by atoms with van der Waals surface area (Å²) in [6.45, 7) is 4.37. The Kier molecular flexibility index (Phi) is 3.97. The van der Waals surface area contributed by atoms with Gasteiger partial charge < -0.3 is 4.98 Å². The third kappa shape index (κ3) is 2.49. The first kappa shape index (κ1) is 15.9. The molecule has 24 heavy (non-hydrogen) atoms. The predicted octanol–water partition coefficient (Wildman–Crippen LogP) is 3.86. The normalized spacial score (nSPS) is 21.6. The molecule has 0 unspecified atom stereocenters. The first-order valence-electron chi connectivity index (χ1n) is 9.65. The monoisotopic (exact) mass is 328 g/mol. The van der Waals surface area contributed by atoms with Crippen LogP contribution >= 0.6 is 0 Å². The minimum absolute atomic E-state index is 0.0121. The first-order valence-corrected chi connectivity index (χ1v) is 9.65. The van der Waals surface area contributed by atoms with E-state index in [0.29, 0.717) is 11.4 Å². The van der Waals surface area contributed by atoms with Crippen LogP contribution < -0.4 is 5.56 Å². The molecule has 0 amide bonds. The lowest BCUT2D eigenvalue weighted by Crippen LogP contribution is -2.29.